The van der Waals surface area contributed by atoms with Crippen LogP contribution in [0.1, 0.15) is 18.1 Å². The van der Waals surface area contributed by atoms with Crippen LogP contribution in [0.2, 0.25) is 0 Å². The van der Waals surface area contributed by atoms with E-state index in [1.807, 2.05) is 45.0 Å². The van der Waals surface area contributed by atoms with Crippen LogP contribution in [-0.4, -0.2) is 31.9 Å². The molecule has 1 amide bonds. The molecule has 1 N–H and O–H groups in total. The largest absolute Gasteiger partial charge is 0.492 e. The molecule has 0 unspecified atom stereocenters. The standard InChI is InChI=1S/C23H23N5O3/c1-4-31-21-8-6-5-7-18(21)25-22(29)13-27-23(30)20-12-19(26-28(20)14-24-27)17-11-15(2)9-10-16(17)3/h5-12,14H,4,13H2,1-3H3,(H,25,29). The van der Waals surface area contributed by atoms with Crippen molar-refractivity contribution in [2.45, 2.75) is 27.3 Å². The summed E-state index contributed by atoms with van der Waals surface area (Å²) in [6.07, 6.45) is 1.44. The number of fused-ring (bicyclic) bond motifs is 1. The van der Waals surface area contributed by atoms with Crippen LogP contribution in [0.3, 0.4) is 0 Å². The zero-order chi connectivity index (χ0) is 22.0. The van der Waals surface area contributed by atoms with E-state index in [2.05, 4.69) is 15.5 Å². The molecule has 0 atom stereocenters. The number of nitrogens with zero attached hydrogens (tertiary/aromatic N) is 4. The maximum absolute atomic E-state index is 12.9. The fraction of sp³-hybridized carbons (Fsp3) is 0.217. The lowest BCUT2D eigenvalue weighted by Gasteiger charge is -2.11. The van der Waals surface area contributed by atoms with Gasteiger partial charge in [-0.3, -0.25) is 9.59 Å². The number of amides is 1. The summed E-state index contributed by atoms with van der Waals surface area (Å²) in [5.41, 5.74) is 4.33. The van der Waals surface area contributed by atoms with Crippen LogP contribution in [0.4, 0.5) is 5.69 Å². The summed E-state index contributed by atoms with van der Waals surface area (Å²) in [5, 5.41) is 11.4. The molecule has 0 saturated carbocycles. The SMILES string of the molecule is CCOc1ccccc1NC(=O)Cn1ncn2nc(-c3cc(C)ccc3C)cc2c1=O. The van der Waals surface area contributed by atoms with E-state index in [0.29, 0.717) is 29.3 Å². The van der Waals surface area contributed by atoms with Gasteiger partial charge in [-0.05, 0) is 50.6 Å². The fourth-order valence-corrected chi connectivity index (χ4v) is 3.37. The van der Waals surface area contributed by atoms with Gasteiger partial charge in [-0.1, -0.05) is 29.8 Å². The van der Waals surface area contributed by atoms with Crippen molar-refractivity contribution in [3.05, 3.63) is 76.3 Å². The third-order valence-electron chi connectivity index (χ3n) is 4.91. The summed E-state index contributed by atoms with van der Waals surface area (Å²) in [6.45, 7) is 6.14. The first kappa shape index (κ1) is 20.3. The molecule has 8 heteroatoms. The lowest BCUT2D eigenvalue weighted by molar-refractivity contribution is -0.117. The van der Waals surface area contributed by atoms with E-state index >= 15 is 0 Å². The molecule has 4 rings (SSSR count). The molecule has 0 radical (unpaired) electrons. The summed E-state index contributed by atoms with van der Waals surface area (Å²) in [5.74, 6) is 0.198. The molecule has 158 valence electrons. The van der Waals surface area contributed by atoms with Gasteiger partial charge in [-0.2, -0.15) is 10.2 Å². The van der Waals surface area contributed by atoms with Gasteiger partial charge in [-0.25, -0.2) is 9.20 Å². The number of ether oxygens (including phenoxy) is 1. The number of carbonyl (C=O) groups is 1. The van der Waals surface area contributed by atoms with Gasteiger partial charge in [0.05, 0.1) is 18.0 Å². The fourth-order valence-electron chi connectivity index (χ4n) is 3.37. The van der Waals surface area contributed by atoms with Crippen LogP contribution < -0.4 is 15.6 Å². The third kappa shape index (κ3) is 4.18. The summed E-state index contributed by atoms with van der Waals surface area (Å²) in [4.78, 5) is 25.5. The molecule has 0 spiro atoms. The van der Waals surface area contributed by atoms with Gasteiger partial charge in [0.1, 0.15) is 24.1 Å². The molecule has 0 bridgehead atoms. The number of aryl methyl sites for hydroxylation is 2. The predicted octanol–water partition coefficient (Wildman–Crippen LogP) is 3.21. The molecule has 0 aliphatic rings. The molecule has 4 aromatic rings. The van der Waals surface area contributed by atoms with Crippen molar-refractivity contribution in [3.63, 3.8) is 0 Å². The number of hydrogen-bond donors (Lipinski definition) is 1. The van der Waals surface area contributed by atoms with Crippen LogP contribution in [0.5, 0.6) is 5.75 Å². The smallest absolute Gasteiger partial charge is 0.293 e. The van der Waals surface area contributed by atoms with E-state index in [-0.39, 0.29) is 18.0 Å². The summed E-state index contributed by atoms with van der Waals surface area (Å²) in [6, 6.07) is 15.0. The predicted molar refractivity (Wildman–Crippen MR) is 118 cm³/mol. The van der Waals surface area contributed by atoms with Crippen molar-refractivity contribution in [1.82, 2.24) is 19.4 Å². The monoisotopic (exact) mass is 417 g/mol. The molecule has 8 nitrogen and oxygen atoms in total. The van der Waals surface area contributed by atoms with E-state index in [0.717, 1.165) is 21.4 Å². The molecule has 2 heterocycles. The highest BCUT2D eigenvalue weighted by molar-refractivity contribution is 5.92. The second kappa shape index (κ2) is 8.43. The minimum Gasteiger partial charge on any atom is -0.492 e. The first-order valence-electron chi connectivity index (χ1n) is 10.0. The number of hydrogen-bond acceptors (Lipinski definition) is 5. The van der Waals surface area contributed by atoms with Crippen LogP contribution in [-0.2, 0) is 11.3 Å². The minimum atomic E-state index is -0.389. The van der Waals surface area contributed by atoms with Gasteiger partial charge in [0, 0.05) is 5.56 Å². The summed E-state index contributed by atoms with van der Waals surface area (Å²) >= 11 is 0. The quantitative estimate of drug-likeness (QED) is 0.520. The number of benzene rings is 2. The first-order valence-corrected chi connectivity index (χ1v) is 10.0. The second-order valence-electron chi connectivity index (χ2n) is 7.25. The minimum absolute atomic E-state index is 0.222. The number of carbonyl (C=O) groups excluding carboxylic acids is 1. The number of rotatable bonds is 6. The Bertz CT molecular complexity index is 1320. The lowest BCUT2D eigenvalue weighted by Crippen LogP contribution is -2.30. The molecule has 0 saturated heterocycles. The Hall–Kier alpha value is -3.94. The van der Waals surface area contributed by atoms with Gasteiger partial charge >= 0.3 is 0 Å². The van der Waals surface area contributed by atoms with Crippen molar-refractivity contribution in [1.29, 1.82) is 0 Å². The van der Waals surface area contributed by atoms with Crippen LogP contribution in [0.15, 0.2) is 59.7 Å². The van der Waals surface area contributed by atoms with E-state index in [1.54, 1.807) is 24.3 Å². The molecular weight excluding hydrogens is 394 g/mol. The van der Waals surface area contributed by atoms with Crippen molar-refractivity contribution in [2.24, 2.45) is 0 Å². The van der Waals surface area contributed by atoms with E-state index in [1.165, 1.54) is 10.8 Å². The molecular formula is C23H23N5O3. The number of anilines is 1. The maximum atomic E-state index is 12.9. The summed E-state index contributed by atoms with van der Waals surface area (Å²) in [7, 11) is 0. The van der Waals surface area contributed by atoms with Crippen molar-refractivity contribution >= 4 is 17.1 Å². The maximum Gasteiger partial charge on any atom is 0.293 e. The highest BCUT2D eigenvalue weighted by atomic mass is 16.5. The molecule has 2 aromatic carbocycles. The topological polar surface area (TPSA) is 90.5 Å². The van der Waals surface area contributed by atoms with E-state index in [9.17, 15) is 9.59 Å². The third-order valence-corrected chi connectivity index (χ3v) is 4.91. The van der Waals surface area contributed by atoms with Gasteiger partial charge in [0.2, 0.25) is 5.91 Å². The van der Waals surface area contributed by atoms with Crippen LogP contribution in [0.25, 0.3) is 16.8 Å². The van der Waals surface area contributed by atoms with Gasteiger partial charge in [0.25, 0.3) is 5.56 Å². The molecule has 0 aliphatic heterocycles. The molecule has 2 aromatic heterocycles. The molecule has 0 aliphatic carbocycles. The van der Waals surface area contributed by atoms with Crippen LogP contribution >= 0.6 is 0 Å². The average Bonchev–Trinajstić information content (AvgIpc) is 3.18. The highest BCUT2D eigenvalue weighted by Gasteiger charge is 2.14. The van der Waals surface area contributed by atoms with Crippen molar-refractivity contribution in [3.8, 4) is 17.0 Å². The van der Waals surface area contributed by atoms with Gasteiger partial charge in [-0.15, -0.1) is 0 Å². The Morgan fingerprint density at radius 2 is 1.94 bits per heavy atom. The van der Waals surface area contributed by atoms with Crippen LogP contribution in [0, 0.1) is 13.8 Å². The molecule has 0 fully saturated rings. The van der Waals surface area contributed by atoms with E-state index in [4.69, 9.17) is 4.74 Å². The first-order chi connectivity index (χ1) is 15.0. The Kier molecular flexibility index (Phi) is 5.53. The Morgan fingerprint density at radius 1 is 1.13 bits per heavy atom. The van der Waals surface area contributed by atoms with Crippen molar-refractivity contribution in [2.75, 3.05) is 11.9 Å². The number of nitrogens with one attached hydrogen (secondary N) is 1. The van der Waals surface area contributed by atoms with E-state index < -0.39 is 0 Å². The number of aromatic nitrogens is 4. The Balaban J connectivity index is 1.61. The molecule has 31 heavy (non-hydrogen) atoms. The van der Waals surface area contributed by atoms with Gasteiger partial charge in [0.15, 0.2) is 0 Å². The normalized spacial score (nSPS) is 10.9. The van der Waals surface area contributed by atoms with Crippen molar-refractivity contribution < 1.29 is 9.53 Å². The zero-order valence-corrected chi connectivity index (χ0v) is 17.6. The van der Waals surface area contributed by atoms with Gasteiger partial charge < -0.3 is 10.1 Å². The highest BCUT2D eigenvalue weighted by Crippen LogP contribution is 2.24. The second-order valence-corrected chi connectivity index (χ2v) is 7.25. The summed E-state index contributed by atoms with van der Waals surface area (Å²) < 4.78 is 8.09. The average molecular weight is 417 g/mol. The Morgan fingerprint density at radius 3 is 2.74 bits per heavy atom. The number of para-hydroxylation sites is 2. The Labute approximate surface area is 179 Å². The lowest BCUT2D eigenvalue weighted by atomic mass is 10.0. The zero-order valence-electron chi connectivity index (χ0n) is 17.6.